The smallest absolute Gasteiger partial charge is 0.333 e. The molecule has 2 rings (SSSR count). The number of anilines is 1. The first-order valence-corrected chi connectivity index (χ1v) is 6.33. The van der Waals surface area contributed by atoms with E-state index in [9.17, 15) is 14.9 Å². The molecule has 20 heavy (non-hydrogen) atoms. The van der Waals surface area contributed by atoms with Crippen molar-refractivity contribution in [3.8, 4) is 0 Å². The molecule has 108 valence electrons. The molecular formula is C12H16N4O4. The van der Waals surface area contributed by atoms with E-state index < -0.39 is 16.8 Å². The molecule has 1 aromatic heterocycles. The average Bonchev–Trinajstić information content (AvgIpc) is 2.94. The largest absolute Gasteiger partial charge is 0.481 e. The Labute approximate surface area is 115 Å². The van der Waals surface area contributed by atoms with Crippen LogP contribution in [-0.2, 0) is 11.3 Å². The normalized spacial score (nSPS) is 21.1. The van der Waals surface area contributed by atoms with Crippen LogP contribution in [-0.4, -0.2) is 31.8 Å². The van der Waals surface area contributed by atoms with Crippen LogP contribution in [0.15, 0.2) is 12.2 Å². The van der Waals surface area contributed by atoms with Gasteiger partial charge in [0, 0.05) is 12.6 Å². The Kier molecular flexibility index (Phi) is 3.73. The first-order valence-electron chi connectivity index (χ1n) is 6.33. The zero-order valence-corrected chi connectivity index (χ0v) is 11.2. The molecule has 1 aliphatic carbocycles. The van der Waals surface area contributed by atoms with Gasteiger partial charge in [0.25, 0.3) is 0 Å². The Morgan fingerprint density at radius 2 is 2.35 bits per heavy atom. The summed E-state index contributed by atoms with van der Waals surface area (Å²) in [5, 5.41) is 27.2. The Morgan fingerprint density at radius 3 is 2.85 bits per heavy atom. The number of carboxylic acid groups (broad SMARTS) is 1. The maximum atomic E-state index is 11.1. The summed E-state index contributed by atoms with van der Waals surface area (Å²) in [5.41, 5.74) is 0.287. The molecule has 1 aromatic rings. The summed E-state index contributed by atoms with van der Waals surface area (Å²) in [5.74, 6) is -1.11. The lowest BCUT2D eigenvalue weighted by Crippen LogP contribution is -2.21. The van der Waals surface area contributed by atoms with E-state index in [4.69, 9.17) is 5.11 Å². The summed E-state index contributed by atoms with van der Waals surface area (Å²) in [6.45, 7) is 3.92. The summed E-state index contributed by atoms with van der Waals surface area (Å²) in [6.07, 6.45) is 3.70. The third-order valence-electron chi connectivity index (χ3n) is 3.30. The van der Waals surface area contributed by atoms with Crippen molar-refractivity contribution in [2.45, 2.75) is 32.9 Å². The Bertz CT molecular complexity index is 578. The number of hydrogen-bond donors (Lipinski definition) is 2. The highest BCUT2D eigenvalue weighted by atomic mass is 16.6. The van der Waals surface area contributed by atoms with Gasteiger partial charge >= 0.3 is 11.7 Å². The molecule has 0 bridgehead atoms. The second-order valence-corrected chi connectivity index (χ2v) is 4.67. The zero-order chi connectivity index (χ0) is 14.9. The van der Waals surface area contributed by atoms with Crippen molar-refractivity contribution in [1.29, 1.82) is 0 Å². The van der Waals surface area contributed by atoms with E-state index >= 15 is 0 Å². The van der Waals surface area contributed by atoms with E-state index in [2.05, 4.69) is 10.4 Å². The van der Waals surface area contributed by atoms with Gasteiger partial charge in [0.05, 0.1) is 10.8 Å². The van der Waals surface area contributed by atoms with Crippen LogP contribution in [0.1, 0.15) is 19.0 Å². The van der Waals surface area contributed by atoms with E-state index in [1.165, 1.54) is 4.68 Å². The molecule has 0 fully saturated rings. The number of carbonyl (C=O) groups is 1. The van der Waals surface area contributed by atoms with Gasteiger partial charge in [0.15, 0.2) is 0 Å². The third-order valence-corrected chi connectivity index (χ3v) is 3.30. The maximum Gasteiger partial charge on any atom is 0.333 e. The van der Waals surface area contributed by atoms with E-state index in [0.29, 0.717) is 24.5 Å². The Hall–Kier alpha value is -2.38. The van der Waals surface area contributed by atoms with Crippen LogP contribution >= 0.6 is 0 Å². The number of hydrogen-bond acceptors (Lipinski definition) is 5. The fraction of sp³-hybridized carbons (Fsp3) is 0.500. The molecule has 8 heteroatoms. The molecule has 2 N–H and O–H groups in total. The molecule has 1 heterocycles. The quantitative estimate of drug-likeness (QED) is 0.481. The van der Waals surface area contributed by atoms with Gasteiger partial charge in [-0.2, -0.15) is 5.10 Å². The Morgan fingerprint density at radius 1 is 1.65 bits per heavy atom. The van der Waals surface area contributed by atoms with Crippen LogP contribution in [0.3, 0.4) is 0 Å². The highest BCUT2D eigenvalue weighted by molar-refractivity contribution is 5.73. The minimum Gasteiger partial charge on any atom is -0.481 e. The summed E-state index contributed by atoms with van der Waals surface area (Å²) in [6, 6.07) is -0.240. The molecule has 8 nitrogen and oxygen atoms in total. The third kappa shape index (κ3) is 2.49. The highest BCUT2D eigenvalue weighted by Crippen LogP contribution is 2.31. The van der Waals surface area contributed by atoms with Crippen LogP contribution in [0.25, 0.3) is 0 Å². The molecule has 0 radical (unpaired) electrons. The summed E-state index contributed by atoms with van der Waals surface area (Å²) >= 11 is 0. The molecule has 0 saturated heterocycles. The summed E-state index contributed by atoms with van der Waals surface area (Å²) in [4.78, 5) is 21.5. The van der Waals surface area contributed by atoms with Crippen molar-refractivity contribution in [2.75, 3.05) is 5.32 Å². The van der Waals surface area contributed by atoms with Crippen molar-refractivity contribution in [1.82, 2.24) is 9.78 Å². The molecule has 0 amide bonds. The standard InChI is InChI=1S/C12H16N4O4/c1-3-15-11(10(16(19)20)7(2)14-15)13-9-5-4-8(6-9)12(17)18/h4-5,8-9,13H,3,6H2,1-2H3,(H,17,18). The minimum atomic E-state index is -0.889. The van der Waals surface area contributed by atoms with Crippen LogP contribution < -0.4 is 5.32 Å². The number of aliphatic carboxylic acids is 1. The van der Waals surface area contributed by atoms with Crippen molar-refractivity contribution in [3.05, 3.63) is 28.0 Å². The lowest BCUT2D eigenvalue weighted by molar-refractivity contribution is -0.384. The van der Waals surface area contributed by atoms with Gasteiger partial charge in [-0.15, -0.1) is 0 Å². The predicted octanol–water partition coefficient (Wildman–Crippen LogP) is 1.56. The van der Waals surface area contributed by atoms with E-state index in [-0.39, 0.29) is 11.7 Å². The second kappa shape index (κ2) is 5.32. The lowest BCUT2D eigenvalue weighted by Gasteiger charge is -2.13. The van der Waals surface area contributed by atoms with Crippen molar-refractivity contribution in [3.63, 3.8) is 0 Å². The van der Waals surface area contributed by atoms with Crippen molar-refractivity contribution < 1.29 is 14.8 Å². The number of aromatic nitrogens is 2. The molecule has 2 atom stereocenters. The second-order valence-electron chi connectivity index (χ2n) is 4.67. The topological polar surface area (TPSA) is 110 Å². The predicted molar refractivity (Wildman–Crippen MR) is 71.6 cm³/mol. The SMILES string of the molecule is CCn1nc(C)c([N+](=O)[O-])c1NC1C=CC(C(=O)O)C1. The van der Waals surface area contributed by atoms with Gasteiger partial charge in [-0.3, -0.25) is 14.9 Å². The van der Waals surface area contributed by atoms with Crippen LogP contribution in [0.4, 0.5) is 11.5 Å². The first kappa shape index (κ1) is 14.0. The molecule has 0 spiro atoms. The highest BCUT2D eigenvalue weighted by Gasteiger charge is 2.30. The van der Waals surface area contributed by atoms with Crippen LogP contribution in [0.5, 0.6) is 0 Å². The molecule has 1 aliphatic rings. The number of carboxylic acids is 1. The Balaban J connectivity index is 2.24. The maximum absolute atomic E-state index is 11.1. The van der Waals surface area contributed by atoms with Crippen LogP contribution in [0.2, 0.25) is 0 Å². The fourth-order valence-electron chi connectivity index (χ4n) is 2.33. The van der Waals surface area contributed by atoms with Gasteiger partial charge in [-0.25, -0.2) is 4.68 Å². The van der Waals surface area contributed by atoms with Gasteiger partial charge in [0.2, 0.25) is 5.82 Å². The number of nitrogens with one attached hydrogen (secondary N) is 1. The molecule has 0 aliphatic heterocycles. The fourth-order valence-corrected chi connectivity index (χ4v) is 2.33. The van der Waals surface area contributed by atoms with Gasteiger partial charge in [-0.1, -0.05) is 12.2 Å². The summed E-state index contributed by atoms with van der Waals surface area (Å²) in [7, 11) is 0. The molecular weight excluding hydrogens is 264 g/mol. The minimum absolute atomic E-state index is 0.0565. The van der Waals surface area contributed by atoms with E-state index in [1.807, 2.05) is 6.92 Å². The molecule has 0 aromatic carbocycles. The van der Waals surface area contributed by atoms with E-state index in [1.54, 1.807) is 19.1 Å². The summed E-state index contributed by atoms with van der Waals surface area (Å²) < 4.78 is 1.52. The number of nitrogens with zero attached hydrogens (tertiary/aromatic N) is 3. The van der Waals surface area contributed by atoms with E-state index in [0.717, 1.165) is 0 Å². The number of nitro groups is 1. The lowest BCUT2D eigenvalue weighted by atomic mass is 10.1. The van der Waals surface area contributed by atoms with Gasteiger partial charge < -0.3 is 10.4 Å². The number of aryl methyl sites for hydroxylation is 2. The monoisotopic (exact) mass is 280 g/mol. The van der Waals surface area contributed by atoms with Crippen molar-refractivity contribution in [2.24, 2.45) is 5.92 Å². The number of rotatable bonds is 5. The molecule has 2 unspecified atom stereocenters. The zero-order valence-electron chi connectivity index (χ0n) is 11.2. The average molecular weight is 280 g/mol. The van der Waals surface area contributed by atoms with Gasteiger partial charge in [0.1, 0.15) is 5.69 Å². The first-order chi connectivity index (χ1) is 9.43. The van der Waals surface area contributed by atoms with Gasteiger partial charge in [-0.05, 0) is 20.3 Å². The van der Waals surface area contributed by atoms with Crippen molar-refractivity contribution >= 4 is 17.5 Å². The van der Waals surface area contributed by atoms with Crippen LogP contribution in [0, 0.1) is 23.0 Å². The molecule has 0 saturated carbocycles.